The van der Waals surface area contributed by atoms with Gasteiger partial charge in [-0.25, -0.2) is 13.1 Å². The van der Waals surface area contributed by atoms with E-state index in [1.165, 1.54) is 6.42 Å². The third-order valence-corrected chi connectivity index (χ3v) is 4.86. The first kappa shape index (κ1) is 14.5. The van der Waals surface area contributed by atoms with E-state index >= 15 is 0 Å². The predicted octanol–water partition coefficient (Wildman–Crippen LogP) is 1.29. The lowest BCUT2D eigenvalue weighted by Crippen LogP contribution is -2.32. The van der Waals surface area contributed by atoms with Crippen LogP contribution in [-0.2, 0) is 16.4 Å². The molecule has 4 nitrogen and oxygen atoms in total. The predicted molar refractivity (Wildman–Crippen MR) is 77.6 cm³/mol. The molecule has 1 aromatic carbocycles. The summed E-state index contributed by atoms with van der Waals surface area (Å²) in [5.41, 5.74) is 1.06. The lowest BCUT2D eigenvalue weighted by molar-refractivity contribution is 0.539. The van der Waals surface area contributed by atoms with Crippen LogP contribution in [0.15, 0.2) is 30.3 Å². The SMILES string of the molecule is O=S(=O)(CCc1ccccc1)NCC[C@H]1CCCN1. The molecule has 0 spiro atoms. The lowest BCUT2D eigenvalue weighted by atomic mass is 10.2. The molecule has 106 valence electrons. The Kier molecular flexibility index (Phi) is 5.36. The van der Waals surface area contributed by atoms with E-state index in [-0.39, 0.29) is 5.75 Å². The summed E-state index contributed by atoms with van der Waals surface area (Å²) in [5, 5.41) is 3.37. The van der Waals surface area contributed by atoms with Gasteiger partial charge in [0.1, 0.15) is 0 Å². The fourth-order valence-electron chi connectivity index (χ4n) is 2.36. The molecule has 1 saturated heterocycles. The van der Waals surface area contributed by atoms with Crippen LogP contribution in [0.5, 0.6) is 0 Å². The van der Waals surface area contributed by atoms with E-state index in [2.05, 4.69) is 10.0 Å². The lowest BCUT2D eigenvalue weighted by Gasteiger charge is -2.11. The molecular weight excluding hydrogens is 260 g/mol. The van der Waals surface area contributed by atoms with E-state index in [0.717, 1.165) is 24.9 Å². The smallest absolute Gasteiger partial charge is 0.211 e. The maximum atomic E-state index is 11.8. The van der Waals surface area contributed by atoms with Crippen LogP contribution in [0, 0.1) is 0 Å². The summed E-state index contributed by atoms with van der Waals surface area (Å²) in [6.07, 6.45) is 3.81. The Labute approximate surface area is 115 Å². The van der Waals surface area contributed by atoms with Gasteiger partial charge < -0.3 is 5.32 Å². The van der Waals surface area contributed by atoms with Crippen LogP contribution in [-0.4, -0.2) is 33.3 Å². The van der Waals surface area contributed by atoms with Crippen LogP contribution in [0.4, 0.5) is 0 Å². The first-order valence-electron chi connectivity index (χ1n) is 6.90. The molecule has 0 saturated carbocycles. The van der Waals surface area contributed by atoms with Gasteiger partial charge >= 0.3 is 0 Å². The van der Waals surface area contributed by atoms with Gasteiger partial charge in [-0.15, -0.1) is 0 Å². The Morgan fingerprint density at radius 1 is 1.26 bits per heavy atom. The standard InChI is InChI=1S/C14H22N2O2S/c17-19(18,12-9-13-5-2-1-3-6-13)16-11-8-14-7-4-10-15-14/h1-3,5-6,14-16H,4,7-12H2/t14-/m1/s1. The molecule has 19 heavy (non-hydrogen) atoms. The molecule has 1 aromatic rings. The summed E-state index contributed by atoms with van der Waals surface area (Å²) in [6.45, 7) is 1.60. The normalized spacial score (nSPS) is 19.7. The minimum absolute atomic E-state index is 0.162. The number of hydrogen-bond acceptors (Lipinski definition) is 3. The van der Waals surface area contributed by atoms with Crippen molar-refractivity contribution in [2.24, 2.45) is 0 Å². The van der Waals surface area contributed by atoms with Crippen LogP contribution in [0.3, 0.4) is 0 Å². The highest BCUT2D eigenvalue weighted by molar-refractivity contribution is 7.89. The molecule has 0 radical (unpaired) electrons. The first-order chi connectivity index (χ1) is 9.16. The molecule has 2 rings (SSSR count). The highest BCUT2D eigenvalue weighted by Gasteiger charge is 2.15. The second-order valence-electron chi connectivity index (χ2n) is 5.03. The van der Waals surface area contributed by atoms with Gasteiger partial charge in [-0.1, -0.05) is 30.3 Å². The minimum atomic E-state index is -3.15. The maximum Gasteiger partial charge on any atom is 0.211 e. The van der Waals surface area contributed by atoms with E-state index in [1.54, 1.807) is 0 Å². The van der Waals surface area contributed by atoms with Gasteiger partial charge in [0, 0.05) is 12.6 Å². The molecule has 1 atom stereocenters. The van der Waals surface area contributed by atoms with E-state index in [4.69, 9.17) is 0 Å². The zero-order chi connectivity index (χ0) is 13.6. The zero-order valence-corrected chi connectivity index (χ0v) is 12.0. The van der Waals surface area contributed by atoms with E-state index in [0.29, 0.717) is 19.0 Å². The first-order valence-corrected chi connectivity index (χ1v) is 8.55. The van der Waals surface area contributed by atoms with E-state index < -0.39 is 10.0 Å². The number of rotatable bonds is 7. The zero-order valence-electron chi connectivity index (χ0n) is 11.1. The van der Waals surface area contributed by atoms with Gasteiger partial charge in [0.05, 0.1) is 5.75 Å². The quantitative estimate of drug-likeness (QED) is 0.792. The molecule has 1 aliphatic rings. The van der Waals surface area contributed by atoms with Crippen LogP contribution < -0.4 is 10.0 Å². The van der Waals surface area contributed by atoms with Crippen LogP contribution in [0.2, 0.25) is 0 Å². The average molecular weight is 282 g/mol. The number of nitrogens with one attached hydrogen (secondary N) is 2. The van der Waals surface area contributed by atoms with Crippen molar-refractivity contribution in [2.75, 3.05) is 18.8 Å². The second kappa shape index (κ2) is 7.03. The molecule has 2 N–H and O–H groups in total. The summed E-state index contributed by atoms with van der Waals surface area (Å²) < 4.78 is 26.4. The molecule has 1 heterocycles. The molecular formula is C14H22N2O2S. The summed E-state index contributed by atoms with van der Waals surface area (Å²) in [6, 6.07) is 10.2. The average Bonchev–Trinajstić information content (AvgIpc) is 2.91. The number of hydrogen-bond donors (Lipinski definition) is 2. The molecule has 0 bridgehead atoms. The summed E-state index contributed by atoms with van der Waals surface area (Å²) in [5.74, 6) is 0.162. The topological polar surface area (TPSA) is 58.2 Å². The van der Waals surface area contributed by atoms with Crippen molar-refractivity contribution in [1.82, 2.24) is 10.0 Å². The highest BCUT2D eigenvalue weighted by Crippen LogP contribution is 2.08. The molecule has 1 fully saturated rings. The van der Waals surface area contributed by atoms with Crippen molar-refractivity contribution in [3.63, 3.8) is 0 Å². The van der Waals surface area contributed by atoms with Gasteiger partial charge in [-0.2, -0.15) is 0 Å². The molecule has 0 unspecified atom stereocenters. The van der Waals surface area contributed by atoms with Crippen molar-refractivity contribution < 1.29 is 8.42 Å². The largest absolute Gasteiger partial charge is 0.314 e. The molecule has 5 heteroatoms. The Balaban J connectivity index is 1.69. The minimum Gasteiger partial charge on any atom is -0.314 e. The monoisotopic (exact) mass is 282 g/mol. The van der Waals surface area contributed by atoms with Gasteiger partial charge in [0.2, 0.25) is 10.0 Å². The Morgan fingerprint density at radius 3 is 2.74 bits per heavy atom. The fourth-order valence-corrected chi connectivity index (χ4v) is 3.44. The van der Waals surface area contributed by atoms with Crippen molar-refractivity contribution >= 4 is 10.0 Å². The maximum absolute atomic E-state index is 11.8. The molecule has 0 aliphatic carbocycles. The van der Waals surface area contributed by atoms with E-state index in [9.17, 15) is 8.42 Å². The third-order valence-electron chi connectivity index (χ3n) is 3.48. The van der Waals surface area contributed by atoms with Crippen molar-refractivity contribution in [2.45, 2.75) is 31.7 Å². The van der Waals surface area contributed by atoms with Gasteiger partial charge in [-0.3, -0.25) is 0 Å². The second-order valence-corrected chi connectivity index (χ2v) is 6.96. The Hall–Kier alpha value is -0.910. The van der Waals surface area contributed by atoms with Gasteiger partial charge in [-0.05, 0) is 37.8 Å². The number of benzene rings is 1. The molecule has 1 aliphatic heterocycles. The van der Waals surface area contributed by atoms with Crippen molar-refractivity contribution in [3.05, 3.63) is 35.9 Å². The Morgan fingerprint density at radius 2 is 2.05 bits per heavy atom. The van der Waals surface area contributed by atoms with Gasteiger partial charge in [0.15, 0.2) is 0 Å². The summed E-state index contributed by atoms with van der Waals surface area (Å²) in [4.78, 5) is 0. The number of aryl methyl sites for hydroxylation is 1. The van der Waals surface area contributed by atoms with Crippen molar-refractivity contribution in [3.8, 4) is 0 Å². The highest BCUT2D eigenvalue weighted by atomic mass is 32.2. The van der Waals surface area contributed by atoms with Crippen molar-refractivity contribution in [1.29, 1.82) is 0 Å². The van der Waals surface area contributed by atoms with Crippen LogP contribution in [0.25, 0.3) is 0 Å². The molecule has 0 amide bonds. The fraction of sp³-hybridized carbons (Fsp3) is 0.571. The van der Waals surface area contributed by atoms with Crippen LogP contribution >= 0.6 is 0 Å². The third kappa shape index (κ3) is 5.30. The number of sulfonamides is 1. The van der Waals surface area contributed by atoms with Crippen LogP contribution in [0.1, 0.15) is 24.8 Å². The van der Waals surface area contributed by atoms with Gasteiger partial charge in [0.25, 0.3) is 0 Å². The summed E-state index contributed by atoms with van der Waals surface area (Å²) in [7, 11) is -3.15. The summed E-state index contributed by atoms with van der Waals surface area (Å²) >= 11 is 0. The van der Waals surface area contributed by atoms with E-state index in [1.807, 2.05) is 30.3 Å². The molecule has 0 aromatic heterocycles. The Bertz CT molecular complexity index is 467.